The molecule has 30 heavy (non-hydrogen) atoms. The molecule has 1 amide bonds. The Morgan fingerprint density at radius 2 is 1.80 bits per heavy atom. The molecule has 0 saturated heterocycles. The molecule has 0 fully saturated rings. The first-order valence-corrected chi connectivity index (χ1v) is 11.1. The summed E-state index contributed by atoms with van der Waals surface area (Å²) in [7, 11) is 0. The van der Waals surface area contributed by atoms with Gasteiger partial charge >= 0.3 is 5.97 Å². The Morgan fingerprint density at radius 3 is 2.57 bits per heavy atom. The molecule has 8 heteroatoms. The van der Waals surface area contributed by atoms with Gasteiger partial charge in [-0.15, -0.1) is 0 Å². The minimum atomic E-state index is -0.416. The Morgan fingerprint density at radius 1 is 1.03 bits per heavy atom. The van der Waals surface area contributed by atoms with Gasteiger partial charge in [-0.05, 0) is 43.7 Å². The molecule has 154 valence electrons. The molecular weight excluding hydrogens is 418 g/mol. The molecule has 0 saturated carbocycles. The smallest absolute Gasteiger partial charge is 0.338 e. The van der Waals surface area contributed by atoms with Crippen molar-refractivity contribution in [1.29, 1.82) is 0 Å². The number of anilines is 1. The van der Waals surface area contributed by atoms with Gasteiger partial charge in [-0.25, -0.2) is 14.8 Å². The number of hydrogen-bond donors (Lipinski definition) is 1. The van der Waals surface area contributed by atoms with E-state index < -0.39 is 5.97 Å². The Bertz CT molecular complexity index is 1040. The Labute approximate surface area is 183 Å². The van der Waals surface area contributed by atoms with Crippen LogP contribution in [0.3, 0.4) is 0 Å². The number of amides is 1. The summed E-state index contributed by atoms with van der Waals surface area (Å²) < 4.78 is 4.99. The van der Waals surface area contributed by atoms with Crippen LogP contribution < -0.4 is 5.32 Å². The van der Waals surface area contributed by atoms with E-state index in [0.29, 0.717) is 22.9 Å². The third-order valence-electron chi connectivity index (χ3n) is 3.93. The average Bonchev–Trinajstić information content (AvgIpc) is 2.75. The second-order valence-electron chi connectivity index (χ2n) is 6.17. The van der Waals surface area contributed by atoms with Crippen LogP contribution in [0.2, 0.25) is 0 Å². The van der Waals surface area contributed by atoms with Gasteiger partial charge in [0.1, 0.15) is 10.1 Å². The lowest BCUT2D eigenvalue weighted by atomic mass is 10.2. The molecule has 0 bridgehead atoms. The van der Waals surface area contributed by atoms with Crippen LogP contribution in [0, 0.1) is 6.92 Å². The summed E-state index contributed by atoms with van der Waals surface area (Å²) >= 11 is 2.85. The number of nitrogens with zero attached hydrogens (tertiary/aromatic N) is 2. The van der Waals surface area contributed by atoms with Crippen molar-refractivity contribution in [3.05, 3.63) is 72.1 Å². The van der Waals surface area contributed by atoms with E-state index in [1.807, 2.05) is 31.2 Å². The van der Waals surface area contributed by atoms with Crippen molar-refractivity contribution in [1.82, 2.24) is 9.97 Å². The van der Waals surface area contributed by atoms with Gasteiger partial charge in [0.05, 0.1) is 17.9 Å². The van der Waals surface area contributed by atoms with Crippen LogP contribution in [-0.4, -0.2) is 34.2 Å². The molecule has 0 aliphatic rings. The number of carbonyl (C=O) groups is 2. The number of thioether (sulfide) groups is 1. The number of aryl methyl sites for hydroxylation is 1. The highest BCUT2D eigenvalue weighted by molar-refractivity contribution is 8.02. The monoisotopic (exact) mass is 439 g/mol. The third kappa shape index (κ3) is 6.08. The van der Waals surface area contributed by atoms with Crippen molar-refractivity contribution in [2.24, 2.45) is 0 Å². The maximum Gasteiger partial charge on any atom is 0.338 e. The molecular formula is C22H21N3O3S2. The van der Waals surface area contributed by atoms with Crippen molar-refractivity contribution in [2.75, 3.05) is 17.7 Å². The fourth-order valence-corrected chi connectivity index (χ4v) is 4.32. The molecule has 3 aromatic rings. The quantitative estimate of drug-likeness (QED) is 0.397. The van der Waals surface area contributed by atoms with Crippen LogP contribution >= 0.6 is 23.5 Å². The van der Waals surface area contributed by atoms with E-state index in [4.69, 9.17) is 4.74 Å². The van der Waals surface area contributed by atoms with Crippen LogP contribution in [-0.2, 0) is 9.53 Å². The molecule has 0 aliphatic heterocycles. The van der Waals surface area contributed by atoms with Crippen LogP contribution in [0.25, 0.3) is 0 Å². The van der Waals surface area contributed by atoms with Gasteiger partial charge in [0.25, 0.3) is 0 Å². The van der Waals surface area contributed by atoms with Gasteiger partial charge < -0.3 is 10.1 Å². The lowest BCUT2D eigenvalue weighted by Gasteiger charge is -2.09. The van der Waals surface area contributed by atoms with E-state index in [1.54, 1.807) is 43.6 Å². The zero-order valence-electron chi connectivity index (χ0n) is 16.6. The molecule has 1 aromatic heterocycles. The number of ether oxygens (including phenoxy) is 1. The summed E-state index contributed by atoms with van der Waals surface area (Å²) in [5.74, 6) is -0.442. The maximum absolute atomic E-state index is 12.4. The lowest BCUT2D eigenvalue weighted by Crippen LogP contribution is -2.15. The maximum atomic E-state index is 12.4. The highest BCUT2D eigenvalue weighted by atomic mass is 32.2. The zero-order valence-corrected chi connectivity index (χ0v) is 18.3. The SMILES string of the molecule is CCOC(=O)c1cccc(NC(=O)CSc2nccnc2Sc2ccccc2C)c1. The van der Waals surface area contributed by atoms with Crippen molar-refractivity contribution in [3.63, 3.8) is 0 Å². The van der Waals surface area contributed by atoms with Gasteiger partial charge in [-0.3, -0.25) is 4.79 Å². The van der Waals surface area contributed by atoms with Crippen molar-refractivity contribution in [3.8, 4) is 0 Å². The summed E-state index contributed by atoms with van der Waals surface area (Å²) in [5.41, 5.74) is 2.09. The number of carbonyl (C=O) groups excluding carboxylic acids is 2. The molecule has 6 nitrogen and oxygen atoms in total. The van der Waals surface area contributed by atoms with E-state index in [-0.39, 0.29) is 11.7 Å². The molecule has 0 aliphatic carbocycles. The fourth-order valence-electron chi connectivity index (χ4n) is 2.53. The lowest BCUT2D eigenvalue weighted by molar-refractivity contribution is -0.113. The van der Waals surface area contributed by atoms with E-state index in [2.05, 4.69) is 15.3 Å². The Hall–Kier alpha value is -2.84. The van der Waals surface area contributed by atoms with Gasteiger partial charge in [-0.2, -0.15) is 0 Å². The van der Waals surface area contributed by atoms with E-state index >= 15 is 0 Å². The van der Waals surface area contributed by atoms with E-state index in [1.165, 1.54) is 23.5 Å². The first kappa shape index (κ1) is 21.9. The van der Waals surface area contributed by atoms with E-state index in [9.17, 15) is 9.59 Å². The Kier molecular flexibility index (Phi) is 7.87. The molecule has 2 aromatic carbocycles. The first-order valence-electron chi connectivity index (χ1n) is 9.31. The number of hydrogen-bond acceptors (Lipinski definition) is 7. The minimum Gasteiger partial charge on any atom is -0.462 e. The highest BCUT2D eigenvalue weighted by Crippen LogP contribution is 2.34. The number of benzene rings is 2. The molecule has 3 rings (SSSR count). The van der Waals surface area contributed by atoms with Crippen molar-refractivity contribution < 1.29 is 14.3 Å². The molecule has 0 unspecified atom stereocenters. The predicted molar refractivity (Wildman–Crippen MR) is 119 cm³/mol. The van der Waals surface area contributed by atoms with Crippen LogP contribution in [0.4, 0.5) is 5.69 Å². The van der Waals surface area contributed by atoms with Gasteiger partial charge in [0.2, 0.25) is 5.91 Å². The minimum absolute atomic E-state index is 0.170. The third-order valence-corrected chi connectivity index (χ3v) is 6.21. The van der Waals surface area contributed by atoms with E-state index in [0.717, 1.165) is 15.5 Å². The zero-order chi connectivity index (χ0) is 21.3. The molecule has 1 heterocycles. The van der Waals surface area contributed by atoms with Crippen molar-refractivity contribution >= 4 is 41.1 Å². The number of rotatable bonds is 8. The summed E-state index contributed by atoms with van der Waals surface area (Å²) in [4.78, 5) is 34.2. The van der Waals surface area contributed by atoms with Gasteiger partial charge in [-0.1, -0.05) is 47.8 Å². The molecule has 1 N–H and O–H groups in total. The average molecular weight is 440 g/mol. The second kappa shape index (κ2) is 10.8. The summed E-state index contributed by atoms with van der Waals surface area (Å²) in [6.07, 6.45) is 3.26. The first-order chi connectivity index (χ1) is 14.6. The highest BCUT2D eigenvalue weighted by Gasteiger charge is 2.13. The van der Waals surface area contributed by atoms with Crippen molar-refractivity contribution in [2.45, 2.75) is 28.8 Å². The summed E-state index contributed by atoms with van der Waals surface area (Å²) in [6, 6.07) is 14.7. The number of esters is 1. The normalized spacial score (nSPS) is 10.5. The largest absolute Gasteiger partial charge is 0.462 e. The van der Waals surface area contributed by atoms with Gasteiger partial charge in [0.15, 0.2) is 0 Å². The van der Waals surface area contributed by atoms with Crippen LogP contribution in [0.1, 0.15) is 22.8 Å². The number of nitrogens with one attached hydrogen (secondary N) is 1. The molecule has 0 radical (unpaired) electrons. The standard InChI is InChI=1S/C22H21N3O3S2/c1-3-28-22(27)16-8-6-9-17(13-16)25-19(26)14-29-20-21(24-12-11-23-20)30-18-10-5-4-7-15(18)2/h4-13H,3,14H2,1-2H3,(H,25,26). The predicted octanol–water partition coefficient (Wildman–Crippen LogP) is 4.84. The van der Waals surface area contributed by atoms with Crippen LogP contribution in [0.15, 0.2) is 75.9 Å². The summed E-state index contributed by atoms with van der Waals surface area (Å²) in [5, 5.41) is 4.26. The molecule has 0 spiro atoms. The number of aromatic nitrogens is 2. The van der Waals surface area contributed by atoms with Gasteiger partial charge in [0, 0.05) is 23.0 Å². The van der Waals surface area contributed by atoms with Crippen LogP contribution in [0.5, 0.6) is 0 Å². The molecule has 0 atom stereocenters. The topological polar surface area (TPSA) is 81.2 Å². The Balaban J connectivity index is 1.62. The fraction of sp³-hybridized carbons (Fsp3) is 0.182. The summed E-state index contributed by atoms with van der Waals surface area (Å²) in [6.45, 7) is 4.09. The second-order valence-corrected chi connectivity index (χ2v) is 8.17.